The number of rotatable bonds is 5. The second-order valence-corrected chi connectivity index (χ2v) is 7.09. The molecule has 2 aliphatic carbocycles. The summed E-state index contributed by atoms with van der Waals surface area (Å²) in [5.74, 6) is 2.77. The lowest BCUT2D eigenvalue weighted by molar-refractivity contribution is -0.128. The molecule has 2 aliphatic rings. The Bertz CT molecular complexity index is 582. The highest BCUT2D eigenvalue weighted by Crippen LogP contribution is 2.41. The lowest BCUT2D eigenvalue weighted by Gasteiger charge is -2.43. The summed E-state index contributed by atoms with van der Waals surface area (Å²) in [7, 11) is 3.25. The Morgan fingerprint density at radius 2 is 1.88 bits per heavy atom. The van der Waals surface area contributed by atoms with Gasteiger partial charge in [0.05, 0.1) is 14.2 Å². The summed E-state index contributed by atoms with van der Waals surface area (Å²) in [5, 5.41) is 3.08. The number of carbonyl (C=O) groups excluding carboxylic acids is 1. The van der Waals surface area contributed by atoms with Crippen molar-refractivity contribution in [3.05, 3.63) is 23.8 Å². The van der Waals surface area contributed by atoms with E-state index in [1.165, 1.54) is 19.3 Å². The monoisotopic (exact) mass is 368 g/mol. The molecule has 2 unspecified atom stereocenters. The maximum atomic E-state index is 12.6. The fraction of sp³-hybridized carbons (Fsp3) is 0.632. The number of methoxy groups -OCH3 is 2. The number of fused-ring (bicyclic) bond motifs is 2. The van der Waals surface area contributed by atoms with Crippen molar-refractivity contribution in [2.24, 2.45) is 23.5 Å². The molecular formula is C19H29ClN2O3. The lowest BCUT2D eigenvalue weighted by Crippen LogP contribution is -2.49. The number of amides is 1. The number of ether oxygens (including phenoxy) is 2. The number of benzene rings is 1. The molecule has 0 radical (unpaired) electrons. The van der Waals surface area contributed by atoms with E-state index in [4.69, 9.17) is 15.2 Å². The van der Waals surface area contributed by atoms with Crippen LogP contribution in [0.4, 0.5) is 0 Å². The molecule has 1 amide bonds. The van der Waals surface area contributed by atoms with Crippen molar-refractivity contribution < 1.29 is 14.3 Å². The van der Waals surface area contributed by atoms with E-state index in [0.717, 1.165) is 29.9 Å². The summed E-state index contributed by atoms with van der Waals surface area (Å²) in [6, 6.07) is 5.95. The van der Waals surface area contributed by atoms with Gasteiger partial charge in [0.2, 0.25) is 5.91 Å². The second kappa shape index (κ2) is 8.77. The minimum atomic E-state index is 0. The Balaban J connectivity index is 0.00000225. The van der Waals surface area contributed by atoms with Crippen LogP contribution in [-0.4, -0.2) is 26.2 Å². The molecule has 0 heterocycles. The van der Waals surface area contributed by atoms with Gasteiger partial charge >= 0.3 is 0 Å². The van der Waals surface area contributed by atoms with E-state index in [-0.39, 0.29) is 24.2 Å². The molecule has 1 aromatic carbocycles. The summed E-state index contributed by atoms with van der Waals surface area (Å²) >= 11 is 0. The summed E-state index contributed by atoms with van der Waals surface area (Å²) in [6.07, 6.45) is 5.48. The molecule has 0 saturated heterocycles. The van der Waals surface area contributed by atoms with Crippen LogP contribution in [0.5, 0.6) is 11.5 Å². The average molecular weight is 369 g/mol. The predicted octanol–water partition coefficient (Wildman–Crippen LogP) is 2.90. The third-order valence-corrected chi connectivity index (χ3v) is 5.73. The van der Waals surface area contributed by atoms with Crippen molar-refractivity contribution >= 4 is 18.3 Å². The minimum Gasteiger partial charge on any atom is -0.497 e. The van der Waals surface area contributed by atoms with Crippen molar-refractivity contribution in [3.8, 4) is 11.5 Å². The van der Waals surface area contributed by atoms with Gasteiger partial charge in [-0.15, -0.1) is 12.4 Å². The van der Waals surface area contributed by atoms with Gasteiger partial charge < -0.3 is 20.5 Å². The van der Waals surface area contributed by atoms with E-state index in [9.17, 15) is 4.79 Å². The van der Waals surface area contributed by atoms with Gasteiger partial charge in [-0.3, -0.25) is 4.79 Å². The number of halogens is 1. The van der Waals surface area contributed by atoms with Gasteiger partial charge in [-0.1, -0.05) is 6.42 Å². The smallest absolute Gasteiger partial charge is 0.223 e. The summed E-state index contributed by atoms with van der Waals surface area (Å²) in [5.41, 5.74) is 7.27. The third-order valence-electron chi connectivity index (χ3n) is 5.73. The molecule has 6 heteroatoms. The van der Waals surface area contributed by atoms with Gasteiger partial charge in [0.1, 0.15) is 11.5 Å². The maximum Gasteiger partial charge on any atom is 0.223 e. The predicted molar refractivity (Wildman–Crippen MR) is 100 cm³/mol. The fourth-order valence-corrected chi connectivity index (χ4v) is 4.33. The number of carbonyl (C=O) groups is 1. The van der Waals surface area contributed by atoms with Gasteiger partial charge in [0.15, 0.2) is 0 Å². The van der Waals surface area contributed by atoms with Crippen LogP contribution in [0.2, 0.25) is 0 Å². The quantitative estimate of drug-likeness (QED) is 0.838. The second-order valence-electron chi connectivity index (χ2n) is 7.09. The van der Waals surface area contributed by atoms with Gasteiger partial charge in [-0.25, -0.2) is 0 Å². The summed E-state index contributed by atoms with van der Waals surface area (Å²) < 4.78 is 10.6. The number of hydrogen-bond acceptors (Lipinski definition) is 4. The van der Waals surface area contributed by atoms with E-state index in [0.29, 0.717) is 24.4 Å². The van der Waals surface area contributed by atoms with Crippen LogP contribution in [0.1, 0.15) is 37.7 Å². The molecule has 2 fully saturated rings. The zero-order chi connectivity index (χ0) is 17.1. The first-order valence-electron chi connectivity index (χ1n) is 8.86. The highest BCUT2D eigenvalue weighted by Gasteiger charge is 2.40. The molecule has 5 nitrogen and oxygen atoms in total. The van der Waals surface area contributed by atoms with Crippen molar-refractivity contribution in [1.29, 1.82) is 0 Å². The lowest BCUT2D eigenvalue weighted by atomic mass is 9.65. The average Bonchev–Trinajstić information content (AvgIpc) is 2.59. The first-order chi connectivity index (χ1) is 11.6. The van der Waals surface area contributed by atoms with Gasteiger partial charge in [-0.05, 0) is 49.7 Å². The van der Waals surface area contributed by atoms with Crippen LogP contribution >= 0.6 is 12.4 Å². The molecule has 0 aromatic heterocycles. The summed E-state index contributed by atoms with van der Waals surface area (Å²) in [4.78, 5) is 12.6. The largest absolute Gasteiger partial charge is 0.497 e. The van der Waals surface area contributed by atoms with Crippen molar-refractivity contribution in [3.63, 3.8) is 0 Å². The topological polar surface area (TPSA) is 73.6 Å². The van der Waals surface area contributed by atoms with Crippen LogP contribution < -0.4 is 20.5 Å². The summed E-state index contributed by atoms with van der Waals surface area (Å²) in [6.45, 7) is 0.476. The Kier molecular flexibility index (Phi) is 6.96. The van der Waals surface area contributed by atoms with Gasteiger partial charge in [-0.2, -0.15) is 0 Å². The molecule has 2 saturated carbocycles. The van der Waals surface area contributed by atoms with Crippen LogP contribution in [0, 0.1) is 17.8 Å². The maximum absolute atomic E-state index is 12.6. The Morgan fingerprint density at radius 1 is 1.20 bits per heavy atom. The third kappa shape index (κ3) is 4.39. The van der Waals surface area contributed by atoms with E-state index in [2.05, 4.69) is 5.32 Å². The molecule has 0 aliphatic heterocycles. The highest BCUT2D eigenvalue weighted by molar-refractivity contribution is 5.85. The molecule has 2 atom stereocenters. The normalized spacial score (nSPS) is 27.8. The van der Waals surface area contributed by atoms with Gasteiger partial charge in [0, 0.05) is 30.1 Å². The van der Waals surface area contributed by atoms with Crippen LogP contribution in [0.3, 0.4) is 0 Å². The zero-order valence-electron chi connectivity index (χ0n) is 15.0. The van der Waals surface area contributed by atoms with Crippen molar-refractivity contribution in [1.82, 2.24) is 5.32 Å². The SMILES string of the molecule is COc1ccc(CNC(=O)C2CC3CCCC(C2)C3N)c(OC)c1.Cl. The molecule has 3 N–H and O–H groups in total. The van der Waals surface area contributed by atoms with Crippen LogP contribution in [0.15, 0.2) is 18.2 Å². The van der Waals surface area contributed by atoms with Crippen LogP contribution in [-0.2, 0) is 11.3 Å². The Labute approximate surface area is 156 Å². The molecule has 1 aromatic rings. The molecule has 25 heavy (non-hydrogen) atoms. The highest BCUT2D eigenvalue weighted by atomic mass is 35.5. The van der Waals surface area contributed by atoms with Crippen LogP contribution in [0.25, 0.3) is 0 Å². The van der Waals surface area contributed by atoms with Crippen molar-refractivity contribution in [2.45, 2.75) is 44.7 Å². The minimum absolute atomic E-state index is 0. The molecule has 140 valence electrons. The Morgan fingerprint density at radius 3 is 2.48 bits per heavy atom. The number of nitrogens with two attached hydrogens (primary N) is 1. The van der Waals surface area contributed by atoms with E-state index in [1.807, 2.05) is 18.2 Å². The number of nitrogens with one attached hydrogen (secondary N) is 1. The van der Waals surface area contributed by atoms with Gasteiger partial charge in [0.25, 0.3) is 0 Å². The zero-order valence-corrected chi connectivity index (χ0v) is 15.8. The van der Waals surface area contributed by atoms with Crippen molar-refractivity contribution in [2.75, 3.05) is 14.2 Å². The van der Waals surface area contributed by atoms with E-state index >= 15 is 0 Å². The standard InChI is InChI=1S/C19H28N2O3.ClH/c1-23-16-7-6-14(17(10-16)24-2)11-21-19(22)15-8-12-4-3-5-13(9-15)18(12)20;/h6-7,10,12-13,15,18H,3-5,8-9,11,20H2,1-2H3,(H,21,22);1H. The van der Waals surface area contributed by atoms with E-state index < -0.39 is 0 Å². The first kappa shape index (κ1) is 19.9. The fourth-order valence-electron chi connectivity index (χ4n) is 4.33. The first-order valence-corrected chi connectivity index (χ1v) is 8.86. The Hall–Kier alpha value is -1.46. The molecular weight excluding hydrogens is 340 g/mol. The molecule has 0 spiro atoms. The number of hydrogen-bond donors (Lipinski definition) is 2. The molecule has 2 bridgehead atoms. The van der Waals surface area contributed by atoms with E-state index in [1.54, 1.807) is 14.2 Å². The molecule has 3 rings (SSSR count).